The maximum Gasteiger partial charge on any atom is 0.345 e. The topological polar surface area (TPSA) is 68.9 Å². The number of nitrogens with zero attached hydrogens (tertiary/aromatic N) is 3. The molecule has 0 saturated heterocycles. The van der Waals surface area contributed by atoms with E-state index in [2.05, 4.69) is 10.4 Å². The van der Waals surface area contributed by atoms with Crippen LogP contribution in [0.5, 0.6) is 0 Å². The minimum atomic E-state index is -0.337. The molecular weight excluding hydrogens is 256 g/mol. The smallest absolute Gasteiger partial charge is 0.324 e. The molecule has 0 aliphatic rings. The zero-order chi connectivity index (χ0) is 13.1. The van der Waals surface area contributed by atoms with Gasteiger partial charge in [0.1, 0.15) is 12.9 Å². The molecule has 2 rings (SSSR count). The van der Waals surface area contributed by atoms with Crippen molar-refractivity contribution in [2.24, 2.45) is 7.05 Å². The zero-order valence-electron chi connectivity index (χ0n) is 9.63. The molecule has 0 aliphatic heterocycles. The first kappa shape index (κ1) is 12.4. The van der Waals surface area contributed by atoms with E-state index < -0.39 is 0 Å². The molecule has 0 bridgehead atoms. The van der Waals surface area contributed by atoms with Crippen LogP contribution in [0.4, 0.5) is 5.69 Å². The Morgan fingerprint density at radius 3 is 2.89 bits per heavy atom. The Labute approximate surface area is 108 Å². The van der Waals surface area contributed by atoms with Crippen molar-refractivity contribution >= 4 is 23.2 Å². The van der Waals surface area contributed by atoms with Crippen LogP contribution in [0.15, 0.2) is 35.4 Å². The van der Waals surface area contributed by atoms with Crippen molar-refractivity contribution in [1.82, 2.24) is 14.3 Å². The van der Waals surface area contributed by atoms with E-state index in [9.17, 15) is 9.59 Å². The second-order valence-corrected chi connectivity index (χ2v) is 4.18. The normalized spacial score (nSPS) is 10.3. The average molecular weight is 267 g/mol. The molecule has 2 aromatic rings. The van der Waals surface area contributed by atoms with Crippen LogP contribution in [0, 0.1) is 0 Å². The van der Waals surface area contributed by atoms with Gasteiger partial charge in [0.15, 0.2) is 0 Å². The molecule has 1 aromatic heterocycles. The number of hydrogen-bond acceptors (Lipinski definition) is 3. The van der Waals surface area contributed by atoms with Crippen LogP contribution in [-0.4, -0.2) is 20.3 Å². The summed E-state index contributed by atoms with van der Waals surface area (Å²) in [5, 5.41) is 6.96. The van der Waals surface area contributed by atoms with Gasteiger partial charge in [0, 0.05) is 17.8 Å². The van der Waals surface area contributed by atoms with Crippen LogP contribution >= 0.6 is 11.6 Å². The van der Waals surface area contributed by atoms with Gasteiger partial charge in [-0.05, 0) is 18.2 Å². The molecule has 0 unspecified atom stereocenters. The lowest BCUT2D eigenvalue weighted by atomic mass is 10.3. The van der Waals surface area contributed by atoms with Crippen molar-refractivity contribution in [2.45, 2.75) is 6.54 Å². The number of nitrogens with one attached hydrogen (secondary N) is 1. The van der Waals surface area contributed by atoms with Crippen molar-refractivity contribution in [2.75, 3.05) is 5.32 Å². The Morgan fingerprint density at radius 1 is 1.50 bits per heavy atom. The number of benzene rings is 1. The largest absolute Gasteiger partial charge is 0.345 e. The number of halogens is 1. The number of carbonyl (C=O) groups excluding carboxylic acids is 1. The van der Waals surface area contributed by atoms with Crippen LogP contribution in [-0.2, 0) is 18.4 Å². The molecule has 6 nitrogen and oxygen atoms in total. The predicted molar refractivity (Wildman–Crippen MR) is 67.5 cm³/mol. The fourth-order valence-electron chi connectivity index (χ4n) is 1.43. The van der Waals surface area contributed by atoms with Gasteiger partial charge in [0.25, 0.3) is 0 Å². The number of rotatable bonds is 3. The standard InChI is InChI=1S/C11H11ClN4O2/c1-15-7-13-16(11(15)18)6-10(17)14-9-4-2-3-8(12)5-9/h2-5,7H,6H2,1H3,(H,14,17). The van der Waals surface area contributed by atoms with Gasteiger partial charge in [-0.1, -0.05) is 17.7 Å². The molecule has 0 spiro atoms. The lowest BCUT2D eigenvalue weighted by Gasteiger charge is -2.04. The summed E-state index contributed by atoms with van der Waals surface area (Å²) >= 11 is 5.79. The monoisotopic (exact) mass is 266 g/mol. The first-order chi connectivity index (χ1) is 8.56. The van der Waals surface area contributed by atoms with Crippen molar-refractivity contribution in [1.29, 1.82) is 0 Å². The van der Waals surface area contributed by atoms with E-state index in [0.29, 0.717) is 10.7 Å². The van der Waals surface area contributed by atoms with Gasteiger partial charge in [0.2, 0.25) is 5.91 Å². The summed E-state index contributed by atoms with van der Waals surface area (Å²) in [6, 6.07) is 6.77. The number of aromatic nitrogens is 3. The number of amides is 1. The second-order valence-electron chi connectivity index (χ2n) is 3.74. The summed E-state index contributed by atoms with van der Waals surface area (Å²) in [5.41, 5.74) is 0.243. The average Bonchev–Trinajstić information content (AvgIpc) is 2.61. The summed E-state index contributed by atoms with van der Waals surface area (Å²) < 4.78 is 2.38. The number of hydrogen-bond donors (Lipinski definition) is 1. The summed E-state index contributed by atoms with van der Waals surface area (Å²) in [6.45, 7) is -0.133. The van der Waals surface area contributed by atoms with Crippen molar-refractivity contribution in [3.63, 3.8) is 0 Å². The predicted octanol–water partition coefficient (Wildman–Crippen LogP) is 0.874. The van der Waals surface area contributed by atoms with E-state index >= 15 is 0 Å². The minimum Gasteiger partial charge on any atom is -0.324 e. The third kappa shape index (κ3) is 2.78. The van der Waals surface area contributed by atoms with Gasteiger partial charge < -0.3 is 5.32 Å². The molecule has 1 N–H and O–H groups in total. The Balaban J connectivity index is 2.05. The first-order valence-electron chi connectivity index (χ1n) is 5.20. The molecule has 0 aliphatic carbocycles. The summed E-state index contributed by atoms with van der Waals surface area (Å²) in [5.74, 6) is -0.335. The first-order valence-corrected chi connectivity index (χ1v) is 5.58. The van der Waals surface area contributed by atoms with Gasteiger partial charge in [-0.25, -0.2) is 9.48 Å². The highest BCUT2D eigenvalue weighted by atomic mass is 35.5. The van der Waals surface area contributed by atoms with E-state index in [1.54, 1.807) is 31.3 Å². The summed E-state index contributed by atoms with van der Waals surface area (Å²) in [4.78, 5) is 23.2. The maximum absolute atomic E-state index is 11.7. The van der Waals surface area contributed by atoms with Crippen molar-refractivity contribution in [3.05, 3.63) is 46.1 Å². The number of anilines is 1. The van der Waals surface area contributed by atoms with Crippen LogP contribution in [0.2, 0.25) is 5.02 Å². The van der Waals surface area contributed by atoms with E-state index in [4.69, 9.17) is 11.6 Å². The zero-order valence-corrected chi connectivity index (χ0v) is 10.4. The molecule has 1 heterocycles. The van der Waals surface area contributed by atoms with E-state index in [1.165, 1.54) is 10.9 Å². The molecular formula is C11H11ClN4O2. The van der Waals surface area contributed by atoms with Gasteiger partial charge in [-0.15, -0.1) is 0 Å². The van der Waals surface area contributed by atoms with Crippen molar-refractivity contribution < 1.29 is 4.79 Å². The molecule has 0 radical (unpaired) electrons. The highest BCUT2D eigenvalue weighted by molar-refractivity contribution is 6.30. The third-order valence-corrected chi connectivity index (χ3v) is 2.52. The molecule has 1 aromatic carbocycles. The summed E-state index contributed by atoms with van der Waals surface area (Å²) in [7, 11) is 1.57. The number of carbonyl (C=O) groups is 1. The Bertz CT molecular complexity index is 632. The quantitative estimate of drug-likeness (QED) is 0.896. The lowest BCUT2D eigenvalue weighted by molar-refractivity contribution is -0.117. The molecule has 0 saturated carbocycles. The maximum atomic E-state index is 11.7. The van der Waals surface area contributed by atoms with Gasteiger partial charge in [0.05, 0.1) is 0 Å². The lowest BCUT2D eigenvalue weighted by Crippen LogP contribution is -2.29. The minimum absolute atomic E-state index is 0.133. The third-order valence-electron chi connectivity index (χ3n) is 2.29. The fraction of sp³-hybridized carbons (Fsp3) is 0.182. The highest BCUT2D eigenvalue weighted by Crippen LogP contribution is 2.14. The van der Waals surface area contributed by atoms with Crippen LogP contribution in [0.1, 0.15) is 0 Å². The molecule has 18 heavy (non-hydrogen) atoms. The second kappa shape index (κ2) is 5.05. The van der Waals surface area contributed by atoms with Gasteiger partial charge in [-0.3, -0.25) is 9.36 Å². The SMILES string of the molecule is Cn1cnn(CC(=O)Nc2cccc(Cl)c2)c1=O. The molecule has 94 valence electrons. The fourth-order valence-corrected chi connectivity index (χ4v) is 1.62. The van der Waals surface area contributed by atoms with Gasteiger partial charge in [-0.2, -0.15) is 5.10 Å². The van der Waals surface area contributed by atoms with Crippen molar-refractivity contribution in [3.8, 4) is 0 Å². The summed E-state index contributed by atoms with van der Waals surface area (Å²) in [6.07, 6.45) is 1.36. The van der Waals surface area contributed by atoms with Crippen LogP contribution < -0.4 is 11.0 Å². The van der Waals surface area contributed by atoms with Crippen LogP contribution in [0.25, 0.3) is 0 Å². The van der Waals surface area contributed by atoms with E-state index in [1.807, 2.05) is 0 Å². The van der Waals surface area contributed by atoms with Gasteiger partial charge >= 0.3 is 5.69 Å². The number of aryl methyl sites for hydroxylation is 1. The molecule has 1 amide bonds. The Morgan fingerprint density at radius 2 is 2.28 bits per heavy atom. The Hall–Kier alpha value is -2.08. The molecule has 7 heteroatoms. The van der Waals surface area contributed by atoms with E-state index in [-0.39, 0.29) is 18.1 Å². The van der Waals surface area contributed by atoms with E-state index in [0.717, 1.165) is 4.68 Å². The van der Waals surface area contributed by atoms with Crippen LogP contribution in [0.3, 0.4) is 0 Å². The Kier molecular flexibility index (Phi) is 3.47. The molecule has 0 fully saturated rings. The molecule has 0 atom stereocenters. The highest BCUT2D eigenvalue weighted by Gasteiger charge is 2.08.